The molecule has 1 heterocycles. The van der Waals surface area contributed by atoms with Gasteiger partial charge in [0.05, 0.1) is 16.4 Å². The summed E-state index contributed by atoms with van der Waals surface area (Å²) in [7, 11) is 0. The van der Waals surface area contributed by atoms with Crippen LogP contribution >= 0.6 is 46.6 Å². The Bertz CT molecular complexity index is 830. The molecule has 3 rings (SSSR count). The normalized spacial score (nSPS) is 13.5. The fourth-order valence-corrected chi connectivity index (χ4v) is 4.81. The highest BCUT2D eigenvalue weighted by molar-refractivity contribution is 8.00. The molecule has 1 aromatic heterocycles. The van der Waals surface area contributed by atoms with Crippen molar-refractivity contribution in [2.45, 2.75) is 36.0 Å². The van der Waals surface area contributed by atoms with E-state index >= 15 is 0 Å². The van der Waals surface area contributed by atoms with Crippen molar-refractivity contribution in [3.05, 3.63) is 81.8 Å². The SMILES string of the molecule is CC(CCc1ccc(Cl)cc1)(Cn1ccnc1)Sc1c(Cl)cccc1Cl. The smallest absolute Gasteiger partial charge is 0.0946 e. The highest BCUT2D eigenvalue weighted by Crippen LogP contribution is 2.44. The molecule has 0 saturated heterocycles. The molecular formula is C20H19Cl3N2S. The van der Waals surface area contributed by atoms with Gasteiger partial charge in [-0.3, -0.25) is 0 Å². The number of aryl methyl sites for hydroxylation is 1. The summed E-state index contributed by atoms with van der Waals surface area (Å²) in [5, 5.41) is 2.13. The molecule has 0 N–H and O–H groups in total. The summed E-state index contributed by atoms with van der Waals surface area (Å²) in [4.78, 5) is 5.09. The maximum absolute atomic E-state index is 6.41. The first-order chi connectivity index (χ1) is 12.5. The van der Waals surface area contributed by atoms with Crippen LogP contribution in [-0.4, -0.2) is 14.3 Å². The van der Waals surface area contributed by atoms with Gasteiger partial charge in [-0.2, -0.15) is 0 Å². The molecular weight excluding hydrogens is 407 g/mol. The Labute approximate surface area is 173 Å². The first-order valence-corrected chi connectivity index (χ1v) is 10.2. The van der Waals surface area contributed by atoms with Crippen molar-refractivity contribution in [1.82, 2.24) is 9.55 Å². The number of thioether (sulfide) groups is 1. The second-order valence-corrected chi connectivity index (χ2v) is 9.31. The van der Waals surface area contributed by atoms with Crippen LogP contribution in [0.1, 0.15) is 18.9 Å². The van der Waals surface area contributed by atoms with Crippen molar-refractivity contribution in [2.75, 3.05) is 0 Å². The summed E-state index contributed by atoms with van der Waals surface area (Å²) >= 11 is 20.5. The van der Waals surface area contributed by atoms with Gasteiger partial charge in [0, 0.05) is 33.6 Å². The van der Waals surface area contributed by atoms with E-state index in [4.69, 9.17) is 34.8 Å². The molecule has 2 aromatic carbocycles. The van der Waals surface area contributed by atoms with Crippen LogP contribution < -0.4 is 0 Å². The topological polar surface area (TPSA) is 17.8 Å². The molecule has 0 saturated carbocycles. The number of nitrogens with zero attached hydrogens (tertiary/aromatic N) is 2. The van der Waals surface area contributed by atoms with Gasteiger partial charge in [-0.05, 0) is 49.6 Å². The van der Waals surface area contributed by atoms with Gasteiger partial charge in [-0.25, -0.2) is 4.98 Å². The molecule has 136 valence electrons. The standard InChI is InChI=1S/C20H19Cl3N2S/c1-20(13-25-12-11-24-14-25,10-9-15-5-7-16(21)8-6-15)26-19-17(22)3-2-4-18(19)23/h2-8,11-12,14H,9-10,13H2,1H3. The first kappa shape index (κ1) is 19.6. The minimum absolute atomic E-state index is 0.102. The fraction of sp³-hybridized carbons (Fsp3) is 0.250. The Kier molecular flexibility index (Phi) is 6.57. The van der Waals surface area contributed by atoms with Crippen LogP contribution in [0.25, 0.3) is 0 Å². The number of aromatic nitrogens is 2. The summed E-state index contributed by atoms with van der Waals surface area (Å²) in [6.07, 6.45) is 7.52. The van der Waals surface area contributed by atoms with Crippen molar-refractivity contribution >= 4 is 46.6 Å². The second-order valence-electron chi connectivity index (χ2n) is 6.46. The van der Waals surface area contributed by atoms with E-state index in [9.17, 15) is 0 Å². The lowest BCUT2D eigenvalue weighted by Gasteiger charge is -2.30. The predicted molar refractivity (Wildman–Crippen MR) is 113 cm³/mol. The zero-order chi connectivity index (χ0) is 18.6. The van der Waals surface area contributed by atoms with Crippen molar-refractivity contribution in [3.8, 4) is 0 Å². The van der Waals surface area contributed by atoms with Crippen molar-refractivity contribution < 1.29 is 0 Å². The third kappa shape index (κ3) is 5.20. The molecule has 0 bridgehead atoms. The van der Waals surface area contributed by atoms with Gasteiger partial charge >= 0.3 is 0 Å². The van der Waals surface area contributed by atoms with Crippen LogP contribution in [0.2, 0.25) is 15.1 Å². The molecule has 6 heteroatoms. The maximum atomic E-state index is 6.41. The van der Waals surface area contributed by atoms with E-state index in [0.717, 1.165) is 29.3 Å². The van der Waals surface area contributed by atoms with Crippen LogP contribution in [0.15, 0.2) is 66.1 Å². The molecule has 3 aromatic rings. The van der Waals surface area contributed by atoms with Crippen molar-refractivity contribution in [1.29, 1.82) is 0 Å². The predicted octanol–water partition coefficient (Wildman–Crippen LogP) is 7.03. The number of rotatable bonds is 7. The van der Waals surface area contributed by atoms with Crippen molar-refractivity contribution in [3.63, 3.8) is 0 Å². The number of benzene rings is 2. The quantitative estimate of drug-likeness (QED) is 0.378. The molecule has 0 spiro atoms. The van der Waals surface area contributed by atoms with Gasteiger partial charge in [0.15, 0.2) is 0 Å². The number of halogens is 3. The molecule has 0 aliphatic carbocycles. The number of imidazole rings is 1. The molecule has 1 unspecified atom stereocenters. The lowest BCUT2D eigenvalue weighted by atomic mass is 10.00. The fourth-order valence-electron chi connectivity index (χ4n) is 2.82. The highest BCUT2D eigenvalue weighted by Gasteiger charge is 2.28. The molecule has 0 aliphatic heterocycles. The van der Waals surface area contributed by atoms with Crippen LogP contribution in [0.5, 0.6) is 0 Å². The molecule has 0 aliphatic rings. The van der Waals surface area contributed by atoms with Gasteiger partial charge in [0.25, 0.3) is 0 Å². The third-order valence-electron chi connectivity index (χ3n) is 4.20. The average Bonchev–Trinajstić information content (AvgIpc) is 3.11. The second kappa shape index (κ2) is 8.71. The van der Waals surface area contributed by atoms with Gasteiger partial charge in [-0.15, -0.1) is 11.8 Å². The zero-order valence-electron chi connectivity index (χ0n) is 14.3. The van der Waals surface area contributed by atoms with Crippen LogP contribution in [0.4, 0.5) is 0 Å². The molecule has 26 heavy (non-hydrogen) atoms. The summed E-state index contributed by atoms with van der Waals surface area (Å²) in [5.74, 6) is 0. The summed E-state index contributed by atoms with van der Waals surface area (Å²) < 4.78 is 1.99. The Morgan fingerprint density at radius 2 is 1.73 bits per heavy atom. The highest BCUT2D eigenvalue weighted by atomic mass is 35.5. The lowest BCUT2D eigenvalue weighted by Crippen LogP contribution is -2.27. The van der Waals surface area contributed by atoms with Gasteiger partial charge in [0.2, 0.25) is 0 Å². The van der Waals surface area contributed by atoms with Gasteiger partial charge in [-0.1, -0.05) is 53.0 Å². The summed E-state index contributed by atoms with van der Waals surface area (Å²) in [5.41, 5.74) is 1.26. The van der Waals surface area contributed by atoms with E-state index in [1.807, 2.05) is 42.9 Å². The molecule has 0 amide bonds. The zero-order valence-corrected chi connectivity index (χ0v) is 17.4. The average molecular weight is 426 g/mol. The Morgan fingerprint density at radius 1 is 1.04 bits per heavy atom. The van der Waals surface area contributed by atoms with E-state index in [1.54, 1.807) is 18.0 Å². The van der Waals surface area contributed by atoms with E-state index in [2.05, 4.69) is 28.6 Å². The lowest BCUT2D eigenvalue weighted by molar-refractivity contribution is 0.495. The van der Waals surface area contributed by atoms with E-state index < -0.39 is 0 Å². The largest absolute Gasteiger partial charge is 0.336 e. The molecule has 1 atom stereocenters. The molecule has 0 fully saturated rings. The number of hydrogen-bond acceptors (Lipinski definition) is 2. The molecule has 2 nitrogen and oxygen atoms in total. The Morgan fingerprint density at radius 3 is 2.35 bits per heavy atom. The Balaban J connectivity index is 1.82. The molecule has 0 radical (unpaired) electrons. The van der Waals surface area contributed by atoms with Crippen LogP contribution in [-0.2, 0) is 13.0 Å². The maximum Gasteiger partial charge on any atom is 0.0946 e. The van der Waals surface area contributed by atoms with Crippen LogP contribution in [0, 0.1) is 0 Å². The van der Waals surface area contributed by atoms with Crippen molar-refractivity contribution in [2.24, 2.45) is 0 Å². The summed E-state index contributed by atoms with van der Waals surface area (Å²) in [6, 6.07) is 13.7. The summed E-state index contributed by atoms with van der Waals surface area (Å²) in [6.45, 7) is 3.06. The van der Waals surface area contributed by atoms with E-state index in [1.165, 1.54) is 5.56 Å². The van der Waals surface area contributed by atoms with E-state index in [0.29, 0.717) is 10.0 Å². The third-order valence-corrected chi connectivity index (χ3v) is 6.78. The minimum atomic E-state index is -0.102. The monoisotopic (exact) mass is 424 g/mol. The number of hydrogen-bond donors (Lipinski definition) is 0. The first-order valence-electron chi connectivity index (χ1n) is 8.28. The van der Waals surface area contributed by atoms with Gasteiger partial charge < -0.3 is 4.57 Å². The van der Waals surface area contributed by atoms with E-state index in [-0.39, 0.29) is 4.75 Å². The minimum Gasteiger partial charge on any atom is -0.336 e. The van der Waals surface area contributed by atoms with Gasteiger partial charge in [0.1, 0.15) is 0 Å². The Hall–Kier alpha value is -1.13. The van der Waals surface area contributed by atoms with Crippen LogP contribution in [0.3, 0.4) is 0 Å².